The van der Waals surface area contributed by atoms with Gasteiger partial charge in [-0.2, -0.15) is 0 Å². The molecule has 0 bridgehead atoms. The molecule has 2 aromatic carbocycles. The third kappa shape index (κ3) is 3.85. The number of esters is 1. The van der Waals surface area contributed by atoms with E-state index in [1.807, 2.05) is 0 Å². The van der Waals surface area contributed by atoms with Gasteiger partial charge in [0.15, 0.2) is 6.10 Å². The fourth-order valence-electron chi connectivity index (χ4n) is 1.84. The van der Waals surface area contributed by atoms with Crippen molar-refractivity contribution >= 4 is 17.6 Å². The molecule has 0 spiro atoms. The standard InChI is InChI=1S/C17H17NO4/c1-12(22-17(20)13-8-4-3-5-9-13)16(19)18-14-10-6-7-11-15(14)21-2/h3-12H,1-2H3,(H,18,19). The first-order chi connectivity index (χ1) is 10.6. The molecule has 114 valence electrons. The Hall–Kier alpha value is -2.82. The third-order valence-electron chi connectivity index (χ3n) is 3.03. The number of anilines is 1. The van der Waals surface area contributed by atoms with E-state index in [4.69, 9.17) is 9.47 Å². The van der Waals surface area contributed by atoms with Gasteiger partial charge in [-0.05, 0) is 31.2 Å². The second-order valence-corrected chi connectivity index (χ2v) is 4.60. The summed E-state index contributed by atoms with van der Waals surface area (Å²) in [5.74, 6) is -0.422. The lowest BCUT2D eigenvalue weighted by molar-refractivity contribution is -0.123. The number of methoxy groups -OCH3 is 1. The summed E-state index contributed by atoms with van der Waals surface area (Å²) in [5, 5.41) is 2.68. The highest BCUT2D eigenvalue weighted by Gasteiger charge is 2.19. The molecule has 0 heterocycles. The highest BCUT2D eigenvalue weighted by molar-refractivity contribution is 5.98. The van der Waals surface area contributed by atoms with E-state index in [9.17, 15) is 9.59 Å². The van der Waals surface area contributed by atoms with Gasteiger partial charge in [0.25, 0.3) is 5.91 Å². The molecule has 2 rings (SSSR count). The molecule has 0 radical (unpaired) electrons. The number of rotatable bonds is 5. The van der Waals surface area contributed by atoms with E-state index in [1.54, 1.807) is 54.6 Å². The zero-order valence-electron chi connectivity index (χ0n) is 12.4. The molecule has 0 aromatic heterocycles. The molecule has 1 atom stereocenters. The molecule has 0 saturated heterocycles. The Morgan fingerprint density at radius 2 is 1.64 bits per heavy atom. The first-order valence-electron chi connectivity index (χ1n) is 6.81. The fourth-order valence-corrected chi connectivity index (χ4v) is 1.84. The number of para-hydroxylation sites is 2. The van der Waals surface area contributed by atoms with Gasteiger partial charge in [0.1, 0.15) is 5.75 Å². The van der Waals surface area contributed by atoms with Crippen LogP contribution in [0.25, 0.3) is 0 Å². The lowest BCUT2D eigenvalue weighted by Gasteiger charge is -2.15. The van der Waals surface area contributed by atoms with Crippen LogP contribution in [0.3, 0.4) is 0 Å². The van der Waals surface area contributed by atoms with Crippen molar-refractivity contribution in [3.63, 3.8) is 0 Å². The molecule has 0 aliphatic heterocycles. The molecular weight excluding hydrogens is 282 g/mol. The number of benzene rings is 2. The minimum Gasteiger partial charge on any atom is -0.495 e. The van der Waals surface area contributed by atoms with Gasteiger partial charge in [-0.15, -0.1) is 0 Å². The van der Waals surface area contributed by atoms with Crippen LogP contribution in [0.15, 0.2) is 54.6 Å². The number of carbonyl (C=O) groups excluding carboxylic acids is 2. The van der Waals surface area contributed by atoms with Crippen LogP contribution < -0.4 is 10.1 Å². The van der Waals surface area contributed by atoms with Crippen molar-refractivity contribution in [2.45, 2.75) is 13.0 Å². The van der Waals surface area contributed by atoms with Gasteiger partial charge in [-0.3, -0.25) is 4.79 Å². The molecule has 1 N–H and O–H groups in total. The highest BCUT2D eigenvalue weighted by Crippen LogP contribution is 2.23. The molecular formula is C17H17NO4. The maximum absolute atomic E-state index is 12.1. The molecule has 2 aromatic rings. The van der Waals surface area contributed by atoms with Gasteiger partial charge in [-0.25, -0.2) is 4.79 Å². The topological polar surface area (TPSA) is 64.6 Å². The van der Waals surface area contributed by atoms with Crippen LogP contribution >= 0.6 is 0 Å². The molecule has 5 nitrogen and oxygen atoms in total. The van der Waals surface area contributed by atoms with E-state index < -0.39 is 18.0 Å². The van der Waals surface area contributed by atoms with E-state index in [1.165, 1.54) is 14.0 Å². The Morgan fingerprint density at radius 1 is 1.00 bits per heavy atom. The average Bonchev–Trinajstić information content (AvgIpc) is 2.56. The summed E-state index contributed by atoms with van der Waals surface area (Å²) >= 11 is 0. The molecule has 1 amide bonds. The Balaban J connectivity index is 1.99. The summed E-state index contributed by atoms with van der Waals surface area (Å²) in [4.78, 5) is 24.0. The smallest absolute Gasteiger partial charge is 0.338 e. The lowest BCUT2D eigenvalue weighted by Crippen LogP contribution is -2.30. The maximum atomic E-state index is 12.1. The third-order valence-corrected chi connectivity index (χ3v) is 3.03. The maximum Gasteiger partial charge on any atom is 0.338 e. The van der Waals surface area contributed by atoms with Crippen LogP contribution in [0.4, 0.5) is 5.69 Å². The second-order valence-electron chi connectivity index (χ2n) is 4.60. The predicted molar refractivity (Wildman–Crippen MR) is 82.9 cm³/mol. The zero-order valence-corrected chi connectivity index (χ0v) is 12.4. The van der Waals surface area contributed by atoms with Crippen molar-refractivity contribution in [2.75, 3.05) is 12.4 Å². The minimum atomic E-state index is -0.919. The monoisotopic (exact) mass is 299 g/mol. The van der Waals surface area contributed by atoms with Crippen molar-refractivity contribution in [3.05, 3.63) is 60.2 Å². The number of ether oxygens (including phenoxy) is 2. The van der Waals surface area contributed by atoms with E-state index in [0.717, 1.165) is 0 Å². The number of carbonyl (C=O) groups is 2. The van der Waals surface area contributed by atoms with Crippen LogP contribution in [0.2, 0.25) is 0 Å². The van der Waals surface area contributed by atoms with Crippen LogP contribution in [-0.2, 0) is 9.53 Å². The zero-order chi connectivity index (χ0) is 15.9. The fraction of sp³-hybridized carbons (Fsp3) is 0.176. The molecule has 0 fully saturated rings. The largest absolute Gasteiger partial charge is 0.495 e. The van der Waals surface area contributed by atoms with Crippen molar-refractivity contribution < 1.29 is 19.1 Å². The Kier molecular flexibility index (Phi) is 5.14. The predicted octanol–water partition coefficient (Wildman–Crippen LogP) is 2.88. The quantitative estimate of drug-likeness (QED) is 0.862. The normalized spacial score (nSPS) is 11.4. The summed E-state index contributed by atoms with van der Waals surface area (Å²) in [6, 6.07) is 15.5. The van der Waals surface area contributed by atoms with Crippen molar-refractivity contribution in [1.82, 2.24) is 0 Å². The first kappa shape index (κ1) is 15.6. The average molecular weight is 299 g/mol. The highest BCUT2D eigenvalue weighted by atomic mass is 16.5. The lowest BCUT2D eigenvalue weighted by atomic mass is 10.2. The molecule has 1 unspecified atom stereocenters. The summed E-state index contributed by atoms with van der Waals surface area (Å²) < 4.78 is 10.3. The Morgan fingerprint density at radius 3 is 2.32 bits per heavy atom. The van der Waals surface area contributed by atoms with Crippen molar-refractivity contribution in [3.8, 4) is 5.75 Å². The number of hydrogen-bond acceptors (Lipinski definition) is 4. The minimum absolute atomic E-state index is 0.402. The van der Waals surface area contributed by atoms with Gasteiger partial charge < -0.3 is 14.8 Å². The second kappa shape index (κ2) is 7.26. The molecule has 0 aliphatic rings. The van der Waals surface area contributed by atoms with Crippen molar-refractivity contribution in [2.24, 2.45) is 0 Å². The van der Waals surface area contributed by atoms with E-state index in [0.29, 0.717) is 17.0 Å². The van der Waals surface area contributed by atoms with Crippen molar-refractivity contribution in [1.29, 1.82) is 0 Å². The van der Waals surface area contributed by atoms with E-state index in [-0.39, 0.29) is 0 Å². The van der Waals surface area contributed by atoms with E-state index in [2.05, 4.69) is 5.32 Å². The van der Waals surface area contributed by atoms with Gasteiger partial charge in [0.05, 0.1) is 18.4 Å². The summed E-state index contributed by atoms with van der Waals surface area (Å²) in [6.45, 7) is 1.52. The van der Waals surface area contributed by atoms with Gasteiger partial charge in [0, 0.05) is 0 Å². The summed E-state index contributed by atoms with van der Waals surface area (Å²) in [6.07, 6.45) is -0.919. The number of nitrogens with one attached hydrogen (secondary N) is 1. The summed E-state index contributed by atoms with van der Waals surface area (Å²) in [5.41, 5.74) is 0.928. The summed E-state index contributed by atoms with van der Waals surface area (Å²) in [7, 11) is 1.52. The van der Waals surface area contributed by atoms with Crippen LogP contribution in [0.5, 0.6) is 5.75 Å². The van der Waals surface area contributed by atoms with Gasteiger partial charge in [0.2, 0.25) is 0 Å². The number of hydrogen-bond donors (Lipinski definition) is 1. The first-order valence-corrected chi connectivity index (χ1v) is 6.81. The van der Waals surface area contributed by atoms with Gasteiger partial charge in [-0.1, -0.05) is 30.3 Å². The molecule has 5 heteroatoms. The van der Waals surface area contributed by atoms with Crippen LogP contribution in [-0.4, -0.2) is 25.1 Å². The molecule has 22 heavy (non-hydrogen) atoms. The van der Waals surface area contributed by atoms with Gasteiger partial charge >= 0.3 is 5.97 Å². The SMILES string of the molecule is COc1ccccc1NC(=O)C(C)OC(=O)c1ccccc1. The van der Waals surface area contributed by atoms with Crippen LogP contribution in [0, 0.1) is 0 Å². The Labute approximate surface area is 128 Å². The van der Waals surface area contributed by atoms with E-state index >= 15 is 0 Å². The molecule has 0 aliphatic carbocycles. The van der Waals surface area contributed by atoms with Crippen LogP contribution in [0.1, 0.15) is 17.3 Å². The number of amides is 1. The Bertz CT molecular complexity index is 655. The molecule has 0 saturated carbocycles.